The topological polar surface area (TPSA) is 20.2 Å². The molecule has 3 aliphatic rings. The van der Waals surface area contributed by atoms with Crippen LogP contribution in [-0.4, -0.2) is 11.7 Å². The zero-order chi connectivity index (χ0) is 10.6. The van der Waals surface area contributed by atoms with Crippen molar-refractivity contribution >= 4 is 0 Å². The van der Waals surface area contributed by atoms with Gasteiger partial charge in [0.25, 0.3) is 0 Å². The number of hydrogen-bond donors (Lipinski definition) is 1. The number of rotatable bonds is 1. The van der Waals surface area contributed by atoms with Gasteiger partial charge in [-0.15, -0.1) is 0 Å². The number of aliphatic hydroxyl groups excluding tert-OH is 1. The molecule has 0 radical (unpaired) electrons. The molecule has 0 heterocycles. The van der Waals surface area contributed by atoms with Crippen LogP contribution < -0.4 is 0 Å². The molecule has 0 spiro atoms. The highest BCUT2D eigenvalue weighted by atomic mass is 16.3. The Morgan fingerprint density at radius 1 is 1.33 bits per heavy atom. The first-order valence-electron chi connectivity index (χ1n) is 6.43. The van der Waals surface area contributed by atoms with Crippen molar-refractivity contribution in [3.63, 3.8) is 0 Å². The van der Waals surface area contributed by atoms with Gasteiger partial charge in [0.2, 0.25) is 0 Å². The Balaban J connectivity index is 1.92. The summed E-state index contributed by atoms with van der Waals surface area (Å²) in [5.41, 5.74) is 3.66. The van der Waals surface area contributed by atoms with Crippen LogP contribution in [0.3, 0.4) is 0 Å². The van der Waals surface area contributed by atoms with Gasteiger partial charge < -0.3 is 5.11 Å². The summed E-state index contributed by atoms with van der Waals surface area (Å²) in [5, 5.41) is 9.41. The van der Waals surface area contributed by atoms with Crippen molar-refractivity contribution in [2.75, 3.05) is 6.61 Å². The minimum Gasteiger partial charge on any atom is -0.392 e. The van der Waals surface area contributed by atoms with Crippen LogP contribution in [-0.2, 0) is 0 Å². The molecule has 3 atom stereocenters. The van der Waals surface area contributed by atoms with Crippen LogP contribution in [0.15, 0.2) is 11.1 Å². The number of aliphatic hydroxyl groups is 1. The fourth-order valence-electron chi connectivity index (χ4n) is 4.59. The zero-order valence-corrected chi connectivity index (χ0v) is 9.92. The van der Waals surface area contributed by atoms with Crippen LogP contribution in [0.4, 0.5) is 0 Å². The number of allylic oxidation sites excluding steroid dienone is 1. The second-order valence-electron chi connectivity index (χ2n) is 6.63. The van der Waals surface area contributed by atoms with Crippen LogP contribution in [0.25, 0.3) is 0 Å². The zero-order valence-electron chi connectivity index (χ0n) is 9.92. The molecule has 0 aliphatic heterocycles. The lowest BCUT2D eigenvalue weighted by Gasteiger charge is -2.20. The molecule has 0 saturated heterocycles. The lowest BCUT2D eigenvalue weighted by atomic mass is 9.86. The number of hydrogen-bond acceptors (Lipinski definition) is 1. The van der Waals surface area contributed by atoms with E-state index in [1.165, 1.54) is 37.7 Å². The molecule has 1 nitrogen and oxygen atoms in total. The number of fused-ring (bicyclic) bond motifs is 3. The summed E-state index contributed by atoms with van der Waals surface area (Å²) < 4.78 is 0. The van der Waals surface area contributed by atoms with Crippen molar-refractivity contribution in [2.45, 2.75) is 46.0 Å². The van der Waals surface area contributed by atoms with E-state index in [4.69, 9.17) is 0 Å². The maximum atomic E-state index is 9.41. The molecule has 0 aromatic rings. The van der Waals surface area contributed by atoms with Gasteiger partial charge in [0.1, 0.15) is 0 Å². The molecular weight excluding hydrogens is 184 g/mol. The molecular formula is C14H22O. The SMILES string of the molecule is CC1(C)C[C@@H]2C[C@H]3CCC(CO)=C3[C@@H]2C1. The predicted molar refractivity (Wildman–Crippen MR) is 61.4 cm³/mol. The summed E-state index contributed by atoms with van der Waals surface area (Å²) in [7, 11) is 0. The third-order valence-electron chi connectivity index (χ3n) is 4.98. The van der Waals surface area contributed by atoms with Gasteiger partial charge in [-0.2, -0.15) is 0 Å². The molecule has 2 saturated carbocycles. The maximum absolute atomic E-state index is 9.41. The Bertz CT molecular complexity index is 313. The third-order valence-corrected chi connectivity index (χ3v) is 4.98. The smallest absolute Gasteiger partial charge is 0.0644 e. The highest BCUT2D eigenvalue weighted by Crippen LogP contribution is 2.60. The van der Waals surface area contributed by atoms with Crippen LogP contribution in [0.2, 0.25) is 0 Å². The largest absolute Gasteiger partial charge is 0.392 e. The van der Waals surface area contributed by atoms with E-state index in [9.17, 15) is 5.11 Å². The molecule has 1 heteroatoms. The molecule has 2 fully saturated rings. The predicted octanol–water partition coefficient (Wildman–Crippen LogP) is 3.14. The lowest BCUT2D eigenvalue weighted by Crippen LogP contribution is -2.08. The minimum absolute atomic E-state index is 0.329. The molecule has 0 bridgehead atoms. The Morgan fingerprint density at radius 2 is 2.13 bits per heavy atom. The van der Waals surface area contributed by atoms with E-state index < -0.39 is 0 Å². The molecule has 0 unspecified atom stereocenters. The summed E-state index contributed by atoms with van der Waals surface area (Å²) >= 11 is 0. The monoisotopic (exact) mass is 206 g/mol. The molecule has 3 aliphatic carbocycles. The third kappa shape index (κ3) is 1.39. The molecule has 3 rings (SSSR count). The van der Waals surface area contributed by atoms with E-state index in [-0.39, 0.29) is 0 Å². The average Bonchev–Trinajstić information content (AvgIpc) is 2.73. The summed E-state index contributed by atoms with van der Waals surface area (Å²) in [6.45, 7) is 5.15. The van der Waals surface area contributed by atoms with E-state index in [2.05, 4.69) is 13.8 Å². The molecule has 15 heavy (non-hydrogen) atoms. The summed E-state index contributed by atoms with van der Waals surface area (Å²) in [4.78, 5) is 0. The Labute approximate surface area is 92.6 Å². The normalized spacial score (nSPS) is 42.2. The van der Waals surface area contributed by atoms with Crippen molar-refractivity contribution in [1.29, 1.82) is 0 Å². The quantitative estimate of drug-likeness (QED) is 0.653. The van der Waals surface area contributed by atoms with Crippen LogP contribution in [0.1, 0.15) is 46.0 Å². The van der Waals surface area contributed by atoms with Crippen LogP contribution in [0.5, 0.6) is 0 Å². The van der Waals surface area contributed by atoms with Crippen LogP contribution >= 0.6 is 0 Å². The van der Waals surface area contributed by atoms with E-state index in [0.717, 1.165) is 17.8 Å². The standard InChI is InChI=1S/C14H22O/c1-14(2)6-11-5-9-3-4-10(8-15)13(9)12(11)7-14/h9,11-12,15H,3-8H2,1-2H3/t9-,11+,12-/m1/s1. The Morgan fingerprint density at radius 3 is 2.87 bits per heavy atom. The van der Waals surface area contributed by atoms with Crippen LogP contribution in [0, 0.1) is 23.2 Å². The second kappa shape index (κ2) is 3.10. The van der Waals surface area contributed by atoms with Crippen molar-refractivity contribution in [1.82, 2.24) is 0 Å². The second-order valence-corrected chi connectivity index (χ2v) is 6.63. The van der Waals surface area contributed by atoms with E-state index >= 15 is 0 Å². The van der Waals surface area contributed by atoms with E-state index in [1.54, 1.807) is 5.57 Å². The van der Waals surface area contributed by atoms with Gasteiger partial charge in [-0.3, -0.25) is 0 Å². The van der Waals surface area contributed by atoms with Gasteiger partial charge in [0.15, 0.2) is 0 Å². The Hall–Kier alpha value is -0.300. The molecule has 84 valence electrons. The van der Waals surface area contributed by atoms with E-state index in [0.29, 0.717) is 12.0 Å². The van der Waals surface area contributed by atoms with Gasteiger partial charge in [0.05, 0.1) is 6.61 Å². The van der Waals surface area contributed by atoms with Gasteiger partial charge in [-0.1, -0.05) is 19.4 Å². The highest BCUT2D eigenvalue weighted by molar-refractivity contribution is 5.31. The summed E-state index contributed by atoms with van der Waals surface area (Å²) in [6.07, 6.45) is 6.72. The fourth-order valence-corrected chi connectivity index (χ4v) is 4.59. The van der Waals surface area contributed by atoms with Gasteiger partial charge in [-0.05, 0) is 60.8 Å². The lowest BCUT2D eigenvalue weighted by molar-refractivity contribution is 0.324. The molecule has 0 aromatic carbocycles. The first kappa shape index (κ1) is 9.89. The van der Waals surface area contributed by atoms with Crippen molar-refractivity contribution in [3.8, 4) is 0 Å². The molecule has 0 aromatic heterocycles. The fraction of sp³-hybridized carbons (Fsp3) is 0.857. The van der Waals surface area contributed by atoms with Gasteiger partial charge >= 0.3 is 0 Å². The van der Waals surface area contributed by atoms with Crippen molar-refractivity contribution < 1.29 is 5.11 Å². The molecule has 1 N–H and O–H groups in total. The van der Waals surface area contributed by atoms with E-state index in [1.807, 2.05) is 0 Å². The first-order valence-corrected chi connectivity index (χ1v) is 6.43. The highest BCUT2D eigenvalue weighted by Gasteiger charge is 2.49. The van der Waals surface area contributed by atoms with Crippen molar-refractivity contribution in [3.05, 3.63) is 11.1 Å². The van der Waals surface area contributed by atoms with Gasteiger partial charge in [-0.25, -0.2) is 0 Å². The maximum Gasteiger partial charge on any atom is 0.0644 e. The first-order chi connectivity index (χ1) is 7.11. The molecule has 0 amide bonds. The minimum atomic E-state index is 0.329. The summed E-state index contributed by atoms with van der Waals surface area (Å²) in [5.74, 6) is 2.65. The van der Waals surface area contributed by atoms with Gasteiger partial charge in [0, 0.05) is 0 Å². The Kier molecular flexibility index (Phi) is 2.04. The average molecular weight is 206 g/mol. The van der Waals surface area contributed by atoms with Crippen molar-refractivity contribution in [2.24, 2.45) is 23.2 Å². The summed E-state index contributed by atoms with van der Waals surface area (Å²) in [6, 6.07) is 0.